The summed E-state index contributed by atoms with van der Waals surface area (Å²) < 4.78 is 41.1. The van der Waals surface area contributed by atoms with Gasteiger partial charge in [0.15, 0.2) is 5.75 Å². The number of carbonyl (C=O) groups is 3. The summed E-state index contributed by atoms with van der Waals surface area (Å²) in [7, 11) is 4.08. The number of hydrogen-bond acceptors (Lipinski definition) is 6. The second-order valence-electron chi connectivity index (χ2n) is 7.44. The summed E-state index contributed by atoms with van der Waals surface area (Å²) in [5.41, 5.74) is -1.27. The molecule has 2 aliphatic rings. The number of carbonyl (C=O) groups excluding carboxylic acids is 3. The van der Waals surface area contributed by atoms with Gasteiger partial charge < -0.3 is 20.6 Å². The van der Waals surface area contributed by atoms with Gasteiger partial charge in [-0.1, -0.05) is 24.3 Å². The van der Waals surface area contributed by atoms with E-state index in [9.17, 15) is 32.7 Å². The maximum Gasteiger partial charge on any atom is 0.412 e. The number of hydrogen-bond donors (Lipinski definition) is 3. The number of phenols is 1. The Morgan fingerprint density at radius 1 is 1.19 bits per heavy atom. The van der Waals surface area contributed by atoms with Gasteiger partial charge >= 0.3 is 6.18 Å². The minimum Gasteiger partial charge on any atom is -0.505 e. The lowest BCUT2D eigenvalue weighted by atomic mass is 10.1. The van der Waals surface area contributed by atoms with Gasteiger partial charge in [-0.3, -0.25) is 19.3 Å². The van der Waals surface area contributed by atoms with Crippen LogP contribution in [0.25, 0.3) is 0 Å². The maximum atomic E-state index is 13.7. The predicted molar refractivity (Wildman–Crippen MR) is 109 cm³/mol. The monoisotopic (exact) mass is 450 g/mol. The molecule has 3 N–H and O–H groups in total. The fourth-order valence-corrected chi connectivity index (χ4v) is 3.29. The summed E-state index contributed by atoms with van der Waals surface area (Å²) in [6, 6.07) is 1.91. The number of nitrogens with zero attached hydrogens (tertiary/aromatic N) is 2. The first-order chi connectivity index (χ1) is 14.9. The van der Waals surface area contributed by atoms with E-state index in [2.05, 4.69) is 10.6 Å². The largest absolute Gasteiger partial charge is 0.505 e. The van der Waals surface area contributed by atoms with Crippen molar-refractivity contribution >= 4 is 23.4 Å². The van der Waals surface area contributed by atoms with Crippen LogP contribution in [0.4, 0.5) is 18.9 Å². The van der Waals surface area contributed by atoms with Crippen molar-refractivity contribution in [1.29, 1.82) is 0 Å². The van der Waals surface area contributed by atoms with Crippen molar-refractivity contribution in [1.82, 2.24) is 15.1 Å². The van der Waals surface area contributed by atoms with Crippen LogP contribution in [0.5, 0.6) is 5.75 Å². The van der Waals surface area contributed by atoms with Crippen LogP contribution < -0.4 is 10.6 Å². The van der Waals surface area contributed by atoms with Crippen molar-refractivity contribution in [3.05, 3.63) is 59.0 Å². The van der Waals surface area contributed by atoms with Crippen molar-refractivity contribution in [3.63, 3.8) is 0 Å². The molecule has 0 radical (unpaired) electrons. The van der Waals surface area contributed by atoms with Crippen LogP contribution in [0.15, 0.2) is 53.4 Å². The molecule has 0 saturated carbocycles. The van der Waals surface area contributed by atoms with E-state index in [1.807, 2.05) is 0 Å². The van der Waals surface area contributed by atoms with E-state index in [0.717, 1.165) is 7.05 Å². The summed E-state index contributed by atoms with van der Waals surface area (Å²) in [4.78, 5) is 39.3. The lowest BCUT2D eigenvalue weighted by Crippen LogP contribution is -2.45. The number of para-hydroxylation sites is 1. The van der Waals surface area contributed by atoms with Crippen LogP contribution in [0.2, 0.25) is 0 Å². The van der Waals surface area contributed by atoms with Crippen molar-refractivity contribution in [2.45, 2.75) is 18.6 Å². The van der Waals surface area contributed by atoms with E-state index in [1.54, 1.807) is 6.08 Å². The van der Waals surface area contributed by atoms with Crippen LogP contribution in [0, 0.1) is 0 Å². The Hall–Kier alpha value is -3.76. The first-order valence-electron chi connectivity index (χ1n) is 9.49. The molecule has 1 aliphatic heterocycles. The molecular weight excluding hydrogens is 429 g/mol. The minimum atomic E-state index is -4.74. The number of aromatic hydroxyl groups is 1. The second kappa shape index (κ2) is 8.40. The van der Waals surface area contributed by atoms with E-state index in [4.69, 9.17) is 0 Å². The topological polar surface area (TPSA) is 102 Å². The quantitative estimate of drug-likeness (QED) is 0.453. The maximum absolute atomic E-state index is 13.7. The van der Waals surface area contributed by atoms with Crippen LogP contribution in [0.1, 0.15) is 16.8 Å². The highest BCUT2D eigenvalue weighted by atomic mass is 19.4. The predicted octanol–water partition coefficient (Wildman–Crippen LogP) is 2.12. The van der Waals surface area contributed by atoms with Gasteiger partial charge in [-0.25, -0.2) is 0 Å². The number of amides is 3. The molecule has 170 valence electrons. The molecule has 1 aliphatic carbocycles. The average molecular weight is 450 g/mol. The number of alkyl halides is 3. The molecule has 3 rings (SSSR count). The number of rotatable bonds is 6. The molecule has 0 fully saturated rings. The van der Waals surface area contributed by atoms with E-state index in [1.165, 1.54) is 49.3 Å². The fourth-order valence-electron chi connectivity index (χ4n) is 3.29. The van der Waals surface area contributed by atoms with E-state index < -0.39 is 47.1 Å². The molecule has 0 spiro atoms. The highest BCUT2D eigenvalue weighted by Gasteiger charge is 2.46. The number of anilines is 1. The third-order valence-corrected chi connectivity index (χ3v) is 5.01. The number of halogens is 3. The molecule has 1 atom stereocenters. The summed E-state index contributed by atoms with van der Waals surface area (Å²) in [5.74, 6) is -2.89. The Kier molecular flexibility index (Phi) is 6.02. The lowest BCUT2D eigenvalue weighted by molar-refractivity contribution is -0.146. The number of likely N-dealkylation sites (N-methyl/N-ethyl adjacent to an activating group) is 1. The first-order valence-corrected chi connectivity index (χ1v) is 9.49. The Morgan fingerprint density at radius 2 is 1.84 bits per heavy atom. The summed E-state index contributed by atoms with van der Waals surface area (Å²) >= 11 is 0. The third kappa shape index (κ3) is 4.18. The number of imide groups is 1. The lowest BCUT2D eigenvalue weighted by Gasteiger charge is -2.24. The van der Waals surface area contributed by atoms with Crippen molar-refractivity contribution in [3.8, 4) is 5.75 Å². The van der Waals surface area contributed by atoms with Crippen LogP contribution >= 0.6 is 0 Å². The SMILES string of the molecule is CN(C)C(=O)c1cccc(NC2=C(NC(C3=CC=CC3)C(F)(F)F)C(=O)N(C)C2=O)c1O. The summed E-state index contributed by atoms with van der Waals surface area (Å²) in [6.07, 6.45) is -0.377. The van der Waals surface area contributed by atoms with Gasteiger partial charge in [0.2, 0.25) is 0 Å². The Labute approximate surface area is 181 Å². The molecule has 1 unspecified atom stereocenters. The normalized spacial score (nSPS) is 17.1. The highest BCUT2D eigenvalue weighted by Crippen LogP contribution is 2.34. The van der Waals surface area contributed by atoms with E-state index >= 15 is 0 Å². The summed E-state index contributed by atoms with van der Waals surface area (Å²) in [5, 5.41) is 15.2. The van der Waals surface area contributed by atoms with Gasteiger partial charge in [-0.15, -0.1) is 0 Å². The van der Waals surface area contributed by atoms with Crippen molar-refractivity contribution in [2.24, 2.45) is 0 Å². The number of nitrogens with one attached hydrogen (secondary N) is 2. The van der Waals surface area contributed by atoms with Gasteiger partial charge in [-0.2, -0.15) is 13.2 Å². The van der Waals surface area contributed by atoms with Crippen LogP contribution in [0.3, 0.4) is 0 Å². The molecule has 8 nitrogen and oxygen atoms in total. The molecular formula is C21H21F3N4O4. The molecule has 1 aromatic rings. The molecule has 32 heavy (non-hydrogen) atoms. The molecule has 0 bridgehead atoms. The summed E-state index contributed by atoms with van der Waals surface area (Å²) in [6.45, 7) is 0. The van der Waals surface area contributed by atoms with E-state index in [0.29, 0.717) is 4.90 Å². The molecule has 1 heterocycles. The first kappa shape index (κ1) is 22.9. The second-order valence-corrected chi connectivity index (χ2v) is 7.44. The zero-order chi connectivity index (χ0) is 23.8. The number of allylic oxidation sites excluding steroid dienone is 3. The zero-order valence-corrected chi connectivity index (χ0v) is 17.4. The molecule has 3 amide bonds. The molecule has 0 saturated heterocycles. The number of phenolic OH excluding ortho intramolecular Hbond substituents is 1. The standard InChI is InChI=1S/C21H21F3N4O4/c1-27(2)18(30)12-9-6-10-13(16(12)29)25-14-15(20(32)28(3)19(14)31)26-17(21(22,23)24)11-7-4-5-8-11/h4-7,9-10,17,25-26,29H,8H2,1-3H3. The van der Waals surface area contributed by atoms with Gasteiger partial charge in [0.05, 0.1) is 11.3 Å². The molecule has 1 aromatic carbocycles. The van der Waals surface area contributed by atoms with Crippen molar-refractivity contribution in [2.75, 3.05) is 26.5 Å². The van der Waals surface area contributed by atoms with Gasteiger partial charge in [0.25, 0.3) is 17.7 Å². The van der Waals surface area contributed by atoms with Crippen LogP contribution in [-0.4, -0.2) is 66.0 Å². The Bertz CT molecular complexity index is 1070. The smallest absolute Gasteiger partial charge is 0.412 e. The van der Waals surface area contributed by atoms with Gasteiger partial charge in [0.1, 0.15) is 17.4 Å². The van der Waals surface area contributed by atoms with Gasteiger partial charge in [-0.05, 0) is 24.1 Å². The Balaban J connectivity index is 2.02. The van der Waals surface area contributed by atoms with Crippen LogP contribution in [-0.2, 0) is 9.59 Å². The third-order valence-electron chi connectivity index (χ3n) is 5.01. The number of benzene rings is 1. The van der Waals surface area contributed by atoms with E-state index in [-0.39, 0.29) is 23.2 Å². The highest BCUT2D eigenvalue weighted by molar-refractivity contribution is 6.20. The fraction of sp³-hybridized carbons (Fsp3) is 0.286. The Morgan fingerprint density at radius 3 is 2.41 bits per heavy atom. The van der Waals surface area contributed by atoms with Crippen molar-refractivity contribution < 1.29 is 32.7 Å². The minimum absolute atomic E-state index is 0.0134. The molecule has 11 heteroatoms. The molecule has 0 aromatic heterocycles. The zero-order valence-electron chi connectivity index (χ0n) is 17.4. The average Bonchev–Trinajstić information content (AvgIpc) is 3.31. The van der Waals surface area contributed by atoms with Gasteiger partial charge in [0, 0.05) is 21.1 Å².